The van der Waals surface area contributed by atoms with Gasteiger partial charge in [-0.3, -0.25) is 4.79 Å². The minimum atomic E-state index is -1.06. The molecule has 2 aromatic carbocycles. The second kappa shape index (κ2) is 10.3. The molecule has 8 heteroatoms. The number of amides is 1. The number of rotatable bonds is 7. The van der Waals surface area contributed by atoms with Gasteiger partial charge in [0.15, 0.2) is 5.60 Å². The first kappa shape index (κ1) is 23.8. The first-order chi connectivity index (χ1) is 16.3. The number of benzene rings is 2. The quantitative estimate of drug-likeness (QED) is 0.434. The Kier molecular flexibility index (Phi) is 7.22. The Balaban J connectivity index is 1.38. The molecule has 3 aromatic rings. The second-order valence-electron chi connectivity index (χ2n) is 8.97. The number of carbonyl (C=O) groups excluding carboxylic acids is 1. The van der Waals surface area contributed by atoms with E-state index >= 15 is 0 Å². The highest BCUT2D eigenvalue weighted by Crippen LogP contribution is 2.24. The van der Waals surface area contributed by atoms with Gasteiger partial charge in [0.2, 0.25) is 5.95 Å². The molecule has 2 heterocycles. The van der Waals surface area contributed by atoms with E-state index < -0.39 is 5.60 Å². The molecule has 1 aliphatic heterocycles. The summed E-state index contributed by atoms with van der Waals surface area (Å²) in [5, 5.41) is 6.88. The van der Waals surface area contributed by atoms with E-state index in [0.29, 0.717) is 16.5 Å². The average Bonchev–Trinajstić information content (AvgIpc) is 2.82. The Labute approximate surface area is 205 Å². The lowest BCUT2D eigenvalue weighted by atomic mass is 10.1. The van der Waals surface area contributed by atoms with Crippen LogP contribution < -0.4 is 20.3 Å². The summed E-state index contributed by atoms with van der Waals surface area (Å²) >= 11 is 5.92. The van der Waals surface area contributed by atoms with Crippen molar-refractivity contribution in [3.63, 3.8) is 0 Å². The fourth-order valence-corrected chi connectivity index (χ4v) is 3.89. The van der Waals surface area contributed by atoms with Gasteiger partial charge in [-0.25, -0.2) is 4.98 Å². The Morgan fingerprint density at radius 1 is 0.971 bits per heavy atom. The van der Waals surface area contributed by atoms with Crippen LogP contribution in [0.5, 0.6) is 5.75 Å². The Morgan fingerprint density at radius 3 is 2.29 bits per heavy atom. The van der Waals surface area contributed by atoms with Crippen LogP contribution in [0.3, 0.4) is 0 Å². The van der Waals surface area contributed by atoms with E-state index in [0.717, 1.165) is 36.2 Å². The zero-order chi connectivity index (χ0) is 24.1. The van der Waals surface area contributed by atoms with Crippen LogP contribution in [0.25, 0.3) is 0 Å². The van der Waals surface area contributed by atoms with E-state index in [4.69, 9.17) is 21.3 Å². The minimum absolute atomic E-state index is 0.249. The zero-order valence-electron chi connectivity index (χ0n) is 19.8. The van der Waals surface area contributed by atoms with Crippen molar-refractivity contribution < 1.29 is 9.53 Å². The SMILES string of the molecule is Cc1cc(Nc2ccc(NC(=O)C(C)(C)Oc3ccc(Cl)cc3)cc2)nc(N2CCCCC2)n1. The van der Waals surface area contributed by atoms with Crippen molar-refractivity contribution in [3.8, 4) is 5.75 Å². The highest BCUT2D eigenvalue weighted by atomic mass is 35.5. The summed E-state index contributed by atoms with van der Waals surface area (Å²) in [6.45, 7) is 7.42. The molecule has 1 aromatic heterocycles. The third kappa shape index (κ3) is 6.17. The number of nitrogens with zero attached hydrogens (tertiary/aromatic N) is 3. The van der Waals surface area contributed by atoms with Crippen LogP contribution in [0, 0.1) is 6.92 Å². The average molecular weight is 480 g/mol. The molecule has 0 unspecified atom stereocenters. The van der Waals surface area contributed by atoms with Gasteiger partial charge in [0.1, 0.15) is 11.6 Å². The van der Waals surface area contributed by atoms with E-state index in [1.165, 1.54) is 19.3 Å². The topological polar surface area (TPSA) is 79.4 Å². The van der Waals surface area contributed by atoms with Gasteiger partial charge in [-0.15, -0.1) is 0 Å². The maximum atomic E-state index is 12.8. The number of nitrogens with one attached hydrogen (secondary N) is 2. The summed E-state index contributed by atoms with van der Waals surface area (Å²) in [7, 11) is 0. The van der Waals surface area contributed by atoms with Crippen LogP contribution in [0.4, 0.5) is 23.1 Å². The Bertz CT molecular complexity index is 1130. The summed E-state index contributed by atoms with van der Waals surface area (Å²) in [6.07, 6.45) is 3.62. The molecule has 7 nitrogen and oxygen atoms in total. The van der Waals surface area contributed by atoms with Crippen molar-refractivity contribution in [2.75, 3.05) is 28.6 Å². The minimum Gasteiger partial charge on any atom is -0.478 e. The van der Waals surface area contributed by atoms with Gasteiger partial charge >= 0.3 is 0 Å². The first-order valence-corrected chi connectivity index (χ1v) is 11.9. The van der Waals surface area contributed by atoms with Crippen molar-refractivity contribution >= 4 is 40.6 Å². The molecule has 2 N–H and O–H groups in total. The van der Waals surface area contributed by atoms with Gasteiger partial charge in [0.25, 0.3) is 5.91 Å². The number of ether oxygens (including phenoxy) is 1. The second-order valence-corrected chi connectivity index (χ2v) is 9.40. The van der Waals surface area contributed by atoms with Crippen LogP contribution in [0.15, 0.2) is 54.6 Å². The summed E-state index contributed by atoms with van der Waals surface area (Å²) < 4.78 is 5.86. The Hall–Kier alpha value is -3.32. The number of carbonyl (C=O) groups is 1. The van der Waals surface area contributed by atoms with Crippen LogP contribution in [-0.4, -0.2) is 34.6 Å². The molecule has 1 amide bonds. The number of hydrogen-bond acceptors (Lipinski definition) is 6. The molecule has 0 spiro atoms. The van der Waals surface area contributed by atoms with Crippen LogP contribution in [0.2, 0.25) is 5.02 Å². The highest BCUT2D eigenvalue weighted by Gasteiger charge is 2.30. The van der Waals surface area contributed by atoms with Gasteiger partial charge in [0, 0.05) is 41.2 Å². The molecular formula is C26H30ClN5O2. The zero-order valence-corrected chi connectivity index (χ0v) is 20.5. The van der Waals surface area contributed by atoms with Crippen molar-refractivity contribution in [1.82, 2.24) is 9.97 Å². The number of halogens is 1. The maximum absolute atomic E-state index is 12.8. The summed E-state index contributed by atoms with van der Waals surface area (Å²) in [5.74, 6) is 1.85. The molecule has 34 heavy (non-hydrogen) atoms. The number of hydrogen-bond donors (Lipinski definition) is 2. The monoisotopic (exact) mass is 479 g/mol. The molecule has 1 saturated heterocycles. The van der Waals surface area contributed by atoms with Gasteiger partial charge < -0.3 is 20.3 Å². The molecule has 0 bridgehead atoms. The molecule has 1 fully saturated rings. The number of piperidine rings is 1. The molecule has 0 saturated carbocycles. The fraction of sp³-hybridized carbons (Fsp3) is 0.346. The summed E-state index contributed by atoms with van der Waals surface area (Å²) in [5.41, 5.74) is 1.41. The van der Waals surface area contributed by atoms with E-state index in [2.05, 4.69) is 20.5 Å². The number of aryl methyl sites for hydroxylation is 1. The largest absolute Gasteiger partial charge is 0.478 e. The molecule has 178 valence electrons. The van der Waals surface area contributed by atoms with Crippen molar-refractivity contribution in [1.29, 1.82) is 0 Å². The predicted octanol–water partition coefficient (Wildman–Crippen LogP) is 5.97. The highest BCUT2D eigenvalue weighted by molar-refractivity contribution is 6.30. The standard InChI is InChI=1S/C26H30ClN5O2/c1-18-17-23(31-25(28-18)32-15-5-4-6-16-32)29-20-9-11-21(12-10-20)30-24(33)26(2,3)34-22-13-7-19(27)8-14-22/h7-14,17H,4-6,15-16H2,1-3H3,(H,30,33)(H,28,29,31). The van der Waals surface area contributed by atoms with Crippen molar-refractivity contribution in [2.45, 2.75) is 45.6 Å². The van der Waals surface area contributed by atoms with Crippen LogP contribution in [-0.2, 0) is 4.79 Å². The molecular weight excluding hydrogens is 450 g/mol. The van der Waals surface area contributed by atoms with Crippen molar-refractivity contribution in [3.05, 3.63) is 65.3 Å². The lowest BCUT2D eigenvalue weighted by Crippen LogP contribution is -2.42. The van der Waals surface area contributed by atoms with Gasteiger partial charge in [-0.05, 0) is 88.6 Å². The third-order valence-corrected chi connectivity index (χ3v) is 5.88. The molecule has 1 aliphatic rings. The summed E-state index contributed by atoms with van der Waals surface area (Å²) in [4.78, 5) is 24.4. The van der Waals surface area contributed by atoms with E-state index in [-0.39, 0.29) is 5.91 Å². The van der Waals surface area contributed by atoms with Crippen LogP contribution in [0.1, 0.15) is 38.8 Å². The Morgan fingerprint density at radius 2 is 1.62 bits per heavy atom. The first-order valence-electron chi connectivity index (χ1n) is 11.5. The van der Waals surface area contributed by atoms with Crippen molar-refractivity contribution in [2.24, 2.45) is 0 Å². The van der Waals surface area contributed by atoms with Gasteiger partial charge in [-0.1, -0.05) is 11.6 Å². The third-order valence-electron chi connectivity index (χ3n) is 5.63. The van der Waals surface area contributed by atoms with Crippen LogP contribution >= 0.6 is 11.6 Å². The van der Waals surface area contributed by atoms with Gasteiger partial charge in [-0.2, -0.15) is 4.98 Å². The van der Waals surface area contributed by atoms with E-state index in [1.54, 1.807) is 38.1 Å². The normalized spacial score (nSPS) is 13.9. The number of aromatic nitrogens is 2. The molecule has 0 atom stereocenters. The van der Waals surface area contributed by atoms with Gasteiger partial charge in [0.05, 0.1) is 0 Å². The molecule has 4 rings (SSSR count). The number of anilines is 4. The predicted molar refractivity (Wildman–Crippen MR) is 137 cm³/mol. The molecule has 0 radical (unpaired) electrons. The smallest absolute Gasteiger partial charge is 0.267 e. The summed E-state index contributed by atoms with van der Waals surface area (Å²) in [6, 6.07) is 16.4. The fourth-order valence-electron chi connectivity index (χ4n) is 3.76. The maximum Gasteiger partial charge on any atom is 0.267 e. The van der Waals surface area contributed by atoms with E-state index in [9.17, 15) is 4.79 Å². The lowest BCUT2D eigenvalue weighted by molar-refractivity contribution is -0.128. The molecule has 0 aliphatic carbocycles. The van der Waals surface area contributed by atoms with E-state index in [1.807, 2.05) is 37.3 Å². The lowest BCUT2D eigenvalue weighted by Gasteiger charge is -2.27.